The van der Waals surface area contributed by atoms with E-state index >= 15 is 0 Å². The molecule has 116 valence electrons. The van der Waals surface area contributed by atoms with Crippen LogP contribution in [0.5, 0.6) is 0 Å². The quantitative estimate of drug-likeness (QED) is 0.906. The standard InChI is InChI=1S/C16H25N3O2/c1-3-15(13-5-9-17-10-6-13)18-14-7-11-19(12-8-14)16(20)21-4-2/h5-6,9-10,14-15,18H,3-4,7-8,11-12H2,1-2H3. The highest BCUT2D eigenvalue weighted by molar-refractivity contribution is 5.67. The summed E-state index contributed by atoms with van der Waals surface area (Å²) in [5.74, 6) is 0. The second-order valence-electron chi connectivity index (χ2n) is 5.37. The lowest BCUT2D eigenvalue weighted by molar-refractivity contribution is 0.0941. The number of hydrogen-bond donors (Lipinski definition) is 1. The van der Waals surface area contributed by atoms with Crippen LogP contribution >= 0.6 is 0 Å². The normalized spacial score (nSPS) is 17.5. The number of piperidine rings is 1. The Labute approximate surface area is 126 Å². The van der Waals surface area contributed by atoms with Crippen LogP contribution < -0.4 is 5.32 Å². The van der Waals surface area contributed by atoms with E-state index < -0.39 is 0 Å². The second kappa shape index (κ2) is 7.98. The molecule has 0 saturated carbocycles. The molecule has 5 nitrogen and oxygen atoms in total. The van der Waals surface area contributed by atoms with Gasteiger partial charge in [-0.3, -0.25) is 4.98 Å². The molecule has 1 aromatic rings. The largest absolute Gasteiger partial charge is 0.450 e. The molecular weight excluding hydrogens is 266 g/mol. The Hall–Kier alpha value is -1.62. The van der Waals surface area contributed by atoms with Crippen LogP contribution in [0.25, 0.3) is 0 Å². The fourth-order valence-electron chi connectivity index (χ4n) is 2.77. The van der Waals surface area contributed by atoms with Crippen molar-refractivity contribution in [3.8, 4) is 0 Å². The van der Waals surface area contributed by atoms with Gasteiger partial charge in [-0.25, -0.2) is 4.79 Å². The average molecular weight is 291 g/mol. The summed E-state index contributed by atoms with van der Waals surface area (Å²) in [6, 6.07) is 4.94. The van der Waals surface area contributed by atoms with E-state index in [0.717, 1.165) is 32.4 Å². The van der Waals surface area contributed by atoms with Crippen LogP contribution in [-0.4, -0.2) is 41.7 Å². The van der Waals surface area contributed by atoms with Crippen LogP contribution in [0, 0.1) is 0 Å². The third-order valence-electron chi connectivity index (χ3n) is 3.97. The molecule has 1 aromatic heterocycles. The Balaban J connectivity index is 1.83. The number of ether oxygens (including phenoxy) is 1. The number of likely N-dealkylation sites (tertiary alicyclic amines) is 1. The van der Waals surface area contributed by atoms with Gasteiger partial charge in [-0.05, 0) is 43.9 Å². The molecule has 1 aliphatic rings. The van der Waals surface area contributed by atoms with Crippen LogP contribution in [0.2, 0.25) is 0 Å². The molecule has 1 amide bonds. The van der Waals surface area contributed by atoms with Crippen molar-refractivity contribution in [2.24, 2.45) is 0 Å². The van der Waals surface area contributed by atoms with Gasteiger partial charge in [0.2, 0.25) is 0 Å². The number of amides is 1. The molecule has 1 unspecified atom stereocenters. The zero-order chi connectivity index (χ0) is 15.1. The Morgan fingerprint density at radius 1 is 1.38 bits per heavy atom. The maximum atomic E-state index is 11.7. The lowest BCUT2D eigenvalue weighted by atomic mass is 10.00. The summed E-state index contributed by atoms with van der Waals surface area (Å²) >= 11 is 0. The van der Waals surface area contributed by atoms with Crippen molar-refractivity contribution in [2.75, 3.05) is 19.7 Å². The van der Waals surface area contributed by atoms with Crippen molar-refractivity contribution >= 4 is 6.09 Å². The highest BCUT2D eigenvalue weighted by Crippen LogP contribution is 2.20. The molecule has 2 heterocycles. The van der Waals surface area contributed by atoms with Crippen LogP contribution in [0.3, 0.4) is 0 Å². The molecule has 5 heteroatoms. The van der Waals surface area contributed by atoms with Gasteiger partial charge in [0.05, 0.1) is 6.61 Å². The number of nitrogens with zero attached hydrogens (tertiary/aromatic N) is 2. The number of carbonyl (C=O) groups excluding carboxylic acids is 1. The first-order chi connectivity index (χ1) is 10.2. The number of aromatic nitrogens is 1. The van der Waals surface area contributed by atoms with Crippen LogP contribution in [0.4, 0.5) is 4.79 Å². The minimum Gasteiger partial charge on any atom is -0.450 e. The lowest BCUT2D eigenvalue weighted by Crippen LogP contribution is -2.45. The summed E-state index contributed by atoms with van der Waals surface area (Å²) in [6.07, 6.45) is 6.48. The molecule has 0 radical (unpaired) electrons. The van der Waals surface area contributed by atoms with Gasteiger partial charge in [-0.1, -0.05) is 6.92 Å². The van der Waals surface area contributed by atoms with Crippen molar-refractivity contribution in [2.45, 2.75) is 45.2 Å². The topological polar surface area (TPSA) is 54.5 Å². The van der Waals surface area contributed by atoms with E-state index in [-0.39, 0.29) is 6.09 Å². The fourth-order valence-corrected chi connectivity index (χ4v) is 2.77. The predicted molar refractivity (Wildman–Crippen MR) is 82.0 cm³/mol. The van der Waals surface area contributed by atoms with Gasteiger partial charge >= 0.3 is 6.09 Å². The Kier molecular flexibility index (Phi) is 5.99. The van der Waals surface area contributed by atoms with Crippen molar-refractivity contribution < 1.29 is 9.53 Å². The van der Waals surface area contributed by atoms with Gasteiger partial charge in [0, 0.05) is 37.6 Å². The number of carbonyl (C=O) groups is 1. The zero-order valence-electron chi connectivity index (χ0n) is 12.9. The van der Waals surface area contributed by atoms with E-state index in [2.05, 4.69) is 29.4 Å². The first kappa shape index (κ1) is 15.8. The van der Waals surface area contributed by atoms with E-state index in [9.17, 15) is 4.79 Å². The molecule has 1 saturated heterocycles. The minimum atomic E-state index is -0.183. The summed E-state index contributed by atoms with van der Waals surface area (Å²) in [5.41, 5.74) is 1.28. The highest BCUT2D eigenvalue weighted by atomic mass is 16.6. The van der Waals surface area contributed by atoms with Crippen molar-refractivity contribution in [3.05, 3.63) is 30.1 Å². The van der Waals surface area contributed by atoms with Gasteiger partial charge in [0.1, 0.15) is 0 Å². The average Bonchev–Trinajstić information content (AvgIpc) is 2.54. The summed E-state index contributed by atoms with van der Waals surface area (Å²) in [6.45, 7) is 6.00. The number of nitrogens with one attached hydrogen (secondary N) is 1. The minimum absolute atomic E-state index is 0.183. The Morgan fingerprint density at radius 2 is 2.05 bits per heavy atom. The van der Waals surface area contributed by atoms with E-state index in [4.69, 9.17) is 4.74 Å². The maximum absolute atomic E-state index is 11.7. The lowest BCUT2D eigenvalue weighted by Gasteiger charge is -2.34. The Morgan fingerprint density at radius 3 is 2.62 bits per heavy atom. The van der Waals surface area contributed by atoms with E-state index in [1.54, 1.807) is 4.90 Å². The van der Waals surface area contributed by atoms with Crippen LogP contribution in [-0.2, 0) is 4.74 Å². The molecule has 1 atom stereocenters. The van der Waals surface area contributed by atoms with Gasteiger partial charge in [-0.15, -0.1) is 0 Å². The smallest absolute Gasteiger partial charge is 0.409 e. The van der Waals surface area contributed by atoms with Gasteiger partial charge < -0.3 is 15.0 Å². The van der Waals surface area contributed by atoms with Crippen LogP contribution in [0.15, 0.2) is 24.5 Å². The third kappa shape index (κ3) is 4.43. The highest BCUT2D eigenvalue weighted by Gasteiger charge is 2.25. The monoisotopic (exact) mass is 291 g/mol. The van der Waals surface area contributed by atoms with E-state index in [1.807, 2.05) is 19.3 Å². The molecule has 0 bridgehead atoms. The van der Waals surface area contributed by atoms with Crippen molar-refractivity contribution in [1.29, 1.82) is 0 Å². The number of rotatable bonds is 5. The number of hydrogen-bond acceptors (Lipinski definition) is 4. The van der Waals surface area contributed by atoms with E-state index in [0.29, 0.717) is 18.7 Å². The SMILES string of the molecule is CCOC(=O)N1CCC(NC(CC)c2ccncc2)CC1. The summed E-state index contributed by atoms with van der Waals surface area (Å²) in [7, 11) is 0. The van der Waals surface area contributed by atoms with Crippen molar-refractivity contribution in [1.82, 2.24) is 15.2 Å². The molecular formula is C16H25N3O2. The molecule has 0 aliphatic carbocycles. The summed E-state index contributed by atoms with van der Waals surface area (Å²) in [4.78, 5) is 17.6. The molecule has 0 aromatic carbocycles. The molecule has 1 fully saturated rings. The maximum Gasteiger partial charge on any atom is 0.409 e. The number of pyridine rings is 1. The molecule has 0 spiro atoms. The molecule has 1 aliphatic heterocycles. The second-order valence-corrected chi connectivity index (χ2v) is 5.37. The zero-order valence-corrected chi connectivity index (χ0v) is 12.9. The van der Waals surface area contributed by atoms with Crippen LogP contribution in [0.1, 0.15) is 44.7 Å². The summed E-state index contributed by atoms with van der Waals surface area (Å²) < 4.78 is 5.05. The summed E-state index contributed by atoms with van der Waals surface area (Å²) in [5, 5.41) is 3.71. The van der Waals surface area contributed by atoms with E-state index in [1.165, 1.54) is 5.56 Å². The first-order valence-corrected chi connectivity index (χ1v) is 7.82. The fraction of sp³-hybridized carbons (Fsp3) is 0.625. The third-order valence-corrected chi connectivity index (χ3v) is 3.97. The molecule has 21 heavy (non-hydrogen) atoms. The van der Waals surface area contributed by atoms with Gasteiger partial charge in [-0.2, -0.15) is 0 Å². The molecule has 2 rings (SSSR count). The molecule has 1 N–H and O–H groups in total. The van der Waals surface area contributed by atoms with Crippen molar-refractivity contribution in [3.63, 3.8) is 0 Å². The first-order valence-electron chi connectivity index (χ1n) is 7.82. The van der Waals surface area contributed by atoms with Gasteiger partial charge in [0.25, 0.3) is 0 Å². The predicted octanol–water partition coefficient (Wildman–Crippen LogP) is 2.74. The Bertz CT molecular complexity index is 430. The van der Waals surface area contributed by atoms with Gasteiger partial charge in [0.15, 0.2) is 0 Å².